The second kappa shape index (κ2) is 6.22. The van der Waals surface area contributed by atoms with Crippen molar-refractivity contribution < 1.29 is 4.39 Å². The van der Waals surface area contributed by atoms with E-state index in [1.54, 1.807) is 42.6 Å². The molecular weight excluding hydrogens is 329 g/mol. The molecule has 0 aliphatic heterocycles. The second-order valence-electron chi connectivity index (χ2n) is 5.64. The molecule has 1 aromatic carbocycles. The number of hydrogen-bond donors (Lipinski definition) is 1. The van der Waals surface area contributed by atoms with Crippen LogP contribution in [-0.2, 0) is 0 Å². The molecule has 0 saturated carbocycles. The zero-order valence-electron chi connectivity index (χ0n) is 13.5. The Morgan fingerprint density at radius 2 is 1.81 bits per heavy atom. The van der Waals surface area contributed by atoms with Crippen LogP contribution in [0.5, 0.6) is 0 Å². The fraction of sp³-hybridized carbons (Fsp3) is 0. The number of nitriles is 1. The van der Waals surface area contributed by atoms with E-state index < -0.39 is 0 Å². The number of nitrogen functional groups attached to an aromatic ring is 1. The summed E-state index contributed by atoms with van der Waals surface area (Å²) < 4.78 is 14.3. The number of benzene rings is 1. The van der Waals surface area contributed by atoms with Gasteiger partial charge in [0, 0.05) is 28.9 Å². The molecular formula is C20H12FN5. The van der Waals surface area contributed by atoms with Gasteiger partial charge >= 0.3 is 0 Å². The van der Waals surface area contributed by atoms with Gasteiger partial charge in [0.25, 0.3) is 0 Å². The lowest BCUT2D eigenvalue weighted by atomic mass is 10.0. The van der Waals surface area contributed by atoms with Crippen LogP contribution in [0.25, 0.3) is 33.5 Å². The number of nitrogens with zero attached hydrogens (tertiary/aromatic N) is 4. The molecule has 5 nitrogen and oxygen atoms in total. The summed E-state index contributed by atoms with van der Waals surface area (Å²) >= 11 is 0. The SMILES string of the molecule is N#Cc1ccnc(-c2cc(-c3ccccc3F)nc3ncccc23)c1N. The highest BCUT2D eigenvalue weighted by atomic mass is 19.1. The van der Waals surface area contributed by atoms with Gasteiger partial charge in [-0.15, -0.1) is 0 Å². The third-order valence-corrected chi connectivity index (χ3v) is 4.10. The van der Waals surface area contributed by atoms with Crippen LogP contribution in [0, 0.1) is 17.1 Å². The summed E-state index contributed by atoms with van der Waals surface area (Å²) in [5.74, 6) is -0.382. The lowest BCUT2D eigenvalue weighted by Gasteiger charge is -2.11. The molecule has 0 saturated heterocycles. The van der Waals surface area contributed by atoms with Crippen molar-refractivity contribution >= 4 is 16.7 Å². The predicted molar refractivity (Wildman–Crippen MR) is 97.3 cm³/mol. The maximum Gasteiger partial charge on any atom is 0.160 e. The molecule has 124 valence electrons. The fourth-order valence-electron chi connectivity index (χ4n) is 2.85. The molecule has 6 heteroatoms. The molecule has 0 radical (unpaired) electrons. The molecule has 4 aromatic rings. The molecule has 0 aliphatic rings. The van der Waals surface area contributed by atoms with Crippen LogP contribution in [0.4, 0.5) is 10.1 Å². The Morgan fingerprint density at radius 3 is 2.62 bits per heavy atom. The van der Waals surface area contributed by atoms with E-state index in [0.29, 0.717) is 33.7 Å². The number of rotatable bonds is 2. The molecule has 0 bridgehead atoms. The molecule has 2 N–H and O–H groups in total. The standard InChI is InChI=1S/C20H12FN5/c21-16-6-2-1-4-14(16)17-10-15(13-5-3-8-25-20(13)26-17)19-18(23)12(11-22)7-9-24-19/h1-10H,23H2. The Labute approximate surface area is 148 Å². The first-order valence-electron chi connectivity index (χ1n) is 7.84. The highest BCUT2D eigenvalue weighted by molar-refractivity contribution is 5.97. The highest BCUT2D eigenvalue weighted by Gasteiger charge is 2.16. The van der Waals surface area contributed by atoms with Crippen LogP contribution in [0.1, 0.15) is 5.56 Å². The summed E-state index contributed by atoms with van der Waals surface area (Å²) in [7, 11) is 0. The number of nitrogens with two attached hydrogens (primary N) is 1. The summed E-state index contributed by atoms with van der Waals surface area (Å²) in [6.45, 7) is 0. The molecule has 0 amide bonds. The Hall–Kier alpha value is -3.85. The van der Waals surface area contributed by atoms with E-state index in [2.05, 4.69) is 21.0 Å². The van der Waals surface area contributed by atoms with Gasteiger partial charge in [0.1, 0.15) is 11.9 Å². The zero-order valence-corrected chi connectivity index (χ0v) is 13.5. The number of hydrogen-bond acceptors (Lipinski definition) is 5. The molecule has 0 atom stereocenters. The zero-order chi connectivity index (χ0) is 18.1. The molecule has 3 aromatic heterocycles. The Bertz CT molecular complexity index is 1180. The monoisotopic (exact) mass is 341 g/mol. The molecule has 0 unspecified atom stereocenters. The summed E-state index contributed by atoms with van der Waals surface area (Å²) in [5.41, 5.74) is 9.06. The van der Waals surface area contributed by atoms with E-state index >= 15 is 0 Å². The van der Waals surface area contributed by atoms with Crippen LogP contribution in [0.2, 0.25) is 0 Å². The average molecular weight is 341 g/mol. The normalized spacial score (nSPS) is 10.6. The van der Waals surface area contributed by atoms with Gasteiger partial charge in [-0.1, -0.05) is 12.1 Å². The summed E-state index contributed by atoms with van der Waals surface area (Å²) in [4.78, 5) is 13.1. The van der Waals surface area contributed by atoms with E-state index in [1.165, 1.54) is 12.3 Å². The van der Waals surface area contributed by atoms with Gasteiger partial charge in [0.2, 0.25) is 0 Å². The van der Waals surface area contributed by atoms with Crippen LogP contribution in [0.15, 0.2) is 60.9 Å². The Kier molecular flexibility index (Phi) is 3.75. The van der Waals surface area contributed by atoms with Crippen molar-refractivity contribution in [3.8, 4) is 28.6 Å². The molecule has 4 rings (SSSR count). The summed E-state index contributed by atoms with van der Waals surface area (Å²) in [6, 6.07) is 15.3. The number of aromatic nitrogens is 3. The fourth-order valence-corrected chi connectivity index (χ4v) is 2.85. The molecule has 0 spiro atoms. The van der Waals surface area contributed by atoms with Crippen LogP contribution >= 0.6 is 0 Å². The summed E-state index contributed by atoms with van der Waals surface area (Å²) in [6.07, 6.45) is 3.14. The largest absolute Gasteiger partial charge is 0.396 e. The van der Waals surface area contributed by atoms with Crippen molar-refractivity contribution in [2.45, 2.75) is 0 Å². The molecule has 0 fully saturated rings. The van der Waals surface area contributed by atoms with Crippen LogP contribution < -0.4 is 5.73 Å². The van der Waals surface area contributed by atoms with Crippen molar-refractivity contribution in [3.63, 3.8) is 0 Å². The molecule has 3 heterocycles. The third-order valence-electron chi connectivity index (χ3n) is 4.10. The van der Waals surface area contributed by atoms with Crippen molar-refractivity contribution in [3.05, 3.63) is 72.3 Å². The maximum atomic E-state index is 14.3. The highest BCUT2D eigenvalue weighted by Crippen LogP contribution is 2.34. The van der Waals surface area contributed by atoms with Crippen molar-refractivity contribution in [1.82, 2.24) is 15.0 Å². The Morgan fingerprint density at radius 1 is 0.962 bits per heavy atom. The van der Waals surface area contributed by atoms with E-state index in [-0.39, 0.29) is 11.5 Å². The van der Waals surface area contributed by atoms with Gasteiger partial charge in [0.05, 0.1) is 22.6 Å². The Balaban J connectivity index is 2.07. The van der Waals surface area contributed by atoms with Gasteiger partial charge in [-0.3, -0.25) is 4.98 Å². The van der Waals surface area contributed by atoms with Gasteiger partial charge in [-0.2, -0.15) is 5.26 Å². The molecule has 26 heavy (non-hydrogen) atoms. The summed E-state index contributed by atoms with van der Waals surface area (Å²) in [5, 5.41) is 9.96. The lowest BCUT2D eigenvalue weighted by Crippen LogP contribution is -1.99. The number of fused-ring (bicyclic) bond motifs is 1. The van der Waals surface area contributed by atoms with Crippen molar-refractivity contribution in [2.24, 2.45) is 0 Å². The quantitative estimate of drug-likeness (QED) is 0.596. The lowest BCUT2D eigenvalue weighted by molar-refractivity contribution is 0.631. The molecule has 0 aliphatic carbocycles. The first-order valence-corrected chi connectivity index (χ1v) is 7.84. The topological polar surface area (TPSA) is 88.5 Å². The second-order valence-corrected chi connectivity index (χ2v) is 5.64. The average Bonchev–Trinajstić information content (AvgIpc) is 2.68. The number of anilines is 1. The minimum atomic E-state index is -0.382. The van der Waals surface area contributed by atoms with Gasteiger partial charge < -0.3 is 5.73 Å². The van der Waals surface area contributed by atoms with E-state index in [0.717, 1.165) is 5.39 Å². The first-order chi connectivity index (χ1) is 12.7. The van der Waals surface area contributed by atoms with Crippen LogP contribution in [0.3, 0.4) is 0 Å². The minimum Gasteiger partial charge on any atom is -0.396 e. The minimum absolute atomic E-state index is 0.269. The van der Waals surface area contributed by atoms with Gasteiger partial charge in [0.15, 0.2) is 5.65 Å². The smallest absolute Gasteiger partial charge is 0.160 e. The van der Waals surface area contributed by atoms with Crippen molar-refractivity contribution in [1.29, 1.82) is 5.26 Å². The van der Waals surface area contributed by atoms with E-state index in [4.69, 9.17) is 5.73 Å². The third kappa shape index (κ3) is 2.52. The number of halogens is 1. The van der Waals surface area contributed by atoms with E-state index in [9.17, 15) is 9.65 Å². The first kappa shape index (κ1) is 15.7. The number of pyridine rings is 3. The van der Waals surface area contributed by atoms with Gasteiger partial charge in [-0.05, 0) is 36.4 Å². The van der Waals surface area contributed by atoms with Gasteiger partial charge in [-0.25, -0.2) is 14.4 Å². The van der Waals surface area contributed by atoms with Crippen LogP contribution in [-0.4, -0.2) is 15.0 Å². The van der Waals surface area contributed by atoms with Crippen molar-refractivity contribution in [2.75, 3.05) is 5.73 Å². The maximum absolute atomic E-state index is 14.3. The van der Waals surface area contributed by atoms with E-state index in [1.807, 2.05) is 6.07 Å². The predicted octanol–water partition coefficient (Wildman–Crippen LogP) is 3.95.